The van der Waals surface area contributed by atoms with Crippen LogP contribution in [-0.4, -0.2) is 33.1 Å². The van der Waals surface area contributed by atoms with Crippen molar-refractivity contribution in [3.63, 3.8) is 0 Å². The first kappa shape index (κ1) is 17.7. The molecule has 0 aliphatic heterocycles. The number of aromatic amines is 2. The highest BCUT2D eigenvalue weighted by Gasteiger charge is 2.11. The normalized spacial score (nSPS) is 14.0. The Bertz CT molecular complexity index is 449. The molecule has 0 fully saturated rings. The first-order chi connectivity index (χ1) is 11.3. The Balaban J connectivity index is 1.54. The number of H-pyrrole nitrogens is 2. The molecular weight excluding hydrogens is 288 g/mol. The maximum Gasteiger partial charge on any atom is 0.0921 e. The minimum atomic E-state index is 0.575. The SMILES string of the molecule is CCC(CCCOCCCC(CC)c1cnc[nH]1)c1cnc[nH]1. The molecule has 0 spiro atoms. The highest BCUT2D eigenvalue weighted by atomic mass is 16.5. The summed E-state index contributed by atoms with van der Waals surface area (Å²) in [5.41, 5.74) is 2.50. The zero-order valence-corrected chi connectivity index (χ0v) is 14.4. The molecular formula is C18H30N4O. The van der Waals surface area contributed by atoms with Crippen LogP contribution in [0.25, 0.3) is 0 Å². The van der Waals surface area contributed by atoms with Gasteiger partial charge in [-0.2, -0.15) is 0 Å². The van der Waals surface area contributed by atoms with E-state index in [2.05, 4.69) is 33.8 Å². The summed E-state index contributed by atoms with van der Waals surface area (Å²) in [5, 5.41) is 0. The zero-order valence-electron chi connectivity index (χ0n) is 14.4. The molecule has 0 amide bonds. The summed E-state index contributed by atoms with van der Waals surface area (Å²) in [6.07, 6.45) is 14.2. The number of imidazole rings is 2. The lowest BCUT2D eigenvalue weighted by molar-refractivity contribution is 0.123. The molecule has 0 saturated heterocycles. The summed E-state index contributed by atoms with van der Waals surface area (Å²) >= 11 is 0. The van der Waals surface area contributed by atoms with E-state index >= 15 is 0 Å². The van der Waals surface area contributed by atoms with Crippen LogP contribution in [0.3, 0.4) is 0 Å². The average molecular weight is 318 g/mol. The topological polar surface area (TPSA) is 66.6 Å². The van der Waals surface area contributed by atoms with Crippen LogP contribution in [0.2, 0.25) is 0 Å². The predicted molar refractivity (Wildman–Crippen MR) is 92.5 cm³/mol. The molecule has 0 aliphatic carbocycles. The van der Waals surface area contributed by atoms with E-state index in [4.69, 9.17) is 4.74 Å². The number of rotatable bonds is 12. The molecule has 2 heterocycles. The van der Waals surface area contributed by atoms with E-state index in [-0.39, 0.29) is 0 Å². The fourth-order valence-corrected chi connectivity index (χ4v) is 3.10. The molecule has 2 rings (SSSR count). The van der Waals surface area contributed by atoms with Crippen molar-refractivity contribution in [2.75, 3.05) is 13.2 Å². The lowest BCUT2D eigenvalue weighted by Crippen LogP contribution is -2.04. The van der Waals surface area contributed by atoms with Gasteiger partial charge in [-0.25, -0.2) is 9.97 Å². The maximum absolute atomic E-state index is 5.81. The maximum atomic E-state index is 5.81. The molecule has 0 bridgehead atoms. The van der Waals surface area contributed by atoms with Gasteiger partial charge >= 0.3 is 0 Å². The first-order valence-electron chi connectivity index (χ1n) is 8.89. The summed E-state index contributed by atoms with van der Waals surface area (Å²) in [4.78, 5) is 14.7. The van der Waals surface area contributed by atoms with Crippen molar-refractivity contribution in [1.29, 1.82) is 0 Å². The Morgan fingerprint density at radius 1 is 0.870 bits per heavy atom. The molecule has 0 aliphatic rings. The molecule has 0 saturated carbocycles. The number of nitrogens with one attached hydrogen (secondary N) is 2. The molecule has 23 heavy (non-hydrogen) atoms. The van der Waals surface area contributed by atoms with Crippen LogP contribution in [-0.2, 0) is 4.74 Å². The van der Waals surface area contributed by atoms with Crippen molar-refractivity contribution in [2.24, 2.45) is 0 Å². The van der Waals surface area contributed by atoms with Gasteiger partial charge in [0.1, 0.15) is 0 Å². The van der Waals surface area contributed by atoms with E-state index in [9.17, 15) is 0 Å². The first-order valence-corrected chi connectivity index (χ1v) is 8.89. The lowest BCUT2D eigenvalue weighted by Gasteiger charge is -2.14. The standard InChI is InChI=1S/C18H30N4O/c1-3-15(17-11-19-13-21-17)7-5-9-23-10-6-8-16(4-2)18-12-20-14-22-18/h11-16H,3-10H2,1-2H3,(H,19,21)(H,20,22). The van der Waals surface area contributed by atoms with Gasteiger partial charge in [-0.15, -0.1) is 0 Å². The van der Waals surface area contributed by atoms with Gasteiger partial charge in [0, 0.05) is 48.8 Å². The molecule has 2 N–H and O–H groups in total. The van der Waals surface area contributed by atoms with Crippen LogP contribution in [0.1, 0.15) is 75.6 Å². The third kappa shape index (κ3) is 5.82. The number of hydrogen-bond acceptors (Lipinski definition) is 3. The number of ether oxygens (including phenoxy) is 1. The van der Waals surface area contributed by atoms with E-state index in [1.807, 2.05) is 12.4 Å². The Morgan fingerprint density at radius 3 is 1.70 bits per heavy atom. The van der Waals surface area contributed by atoms with Gasteiger partial charge in [-0.05, 0) is 38.5 Å². The van der Waals surface area contributed by atoms with Crippen molar-refractivity contribution in [2.45, 2.75) is 64.2 Å². The van der Waals surface area contributed by atoms with E-state index in [1.165, 1.54) is 11.4 Å². The predicted octanol–water partition coefficient (Wildman–Crippen LogP) is 4.40. The van der Waals surface area contributed by atoms with Crippen molar-refractivity contribution in [1.82, 2.24) is 19.9 Å². The fraction of sp³-hybridized carbons (Fsp3) is 0.667. The summed E-state index contributed by atoms with van der Waals surface area (Å²) in [6, 6.07) is 0. The van der Waals surface area contributed by atoms with Crippen LogP contribution in [0.5, 0.6) is 0 Å². The second-order valence-corrected chi connectivity index (χ2v) is 6.12. The molecule has 2 aromatic rings. The molecule has 0 radical (unpaired) electrons. The van der Waals surface area contributed by atoms with Gasteiger partial charge in [0.2, 0.25) is 0 Å². The molecule has 5 heteroatoms. The minimum Gasteiger partial charge on any atom is -0.381 e. The van der Waals surface area contributed by atoms with E-state index in [0.717, 1.165) is 51.7 Å². The van der Waals surface area contributed by atoms with E-state index in [1.54, 1.807) is 12.7 Å². The lowest BCUT2D eigenvalue weighted by atomic mass is 9.97. The van der Waals surface area contributed by atoms with Gasteiger partial charge in [0.15, 0.2) is 0 Å². The van der Waals surface area contributed by atoms with Crippen LogP contribution in [0.15, 0.2) is 25.0 Å². The van der Waals surface area contributed by atoms with Crippen molar-refractivity contribution >= 4 is 0 Å². The van der Waals surface area contributed by atoms with Gasteiger partial charge in [-0.1, -0.05) is 13.8 Å². The summed E-state index contributed by atoms with van der Waals surface area (Å²) < 4.78 is 5.81. The van der Waals surface area contributed by atoms with Crippen LogP contribution in [0.4, 0.5) is 0 Å². The van der Waals surface area contributed by atoms with Crippen LogP contribution < -0.4 is 0 Å². The molecule has 5 nitrogen and oxygen atoms in total. The fourth-order valence-electron chi connectivity index (χ4n) is 3.10. The number of hydrogen-bond donors (Lipinski definition) is 2. The smallest absolute Gasteiger partial charge is 0.0921 e. The molecule has 2 aromatic heterocycles. The molecule has 0 aromatic carbocycles. The average Bonchev–Trinajstić information content (AvgIpc) is 3.27. The van der Waals surface area contributed by atoms with E-state index < -0.39 is 0 Å². The molecule has 128 valence electrons. The third-order valence-electron chi connectivity index (χ3n) is 4.59. The Kier molecular flexibility index (Phi) is 7.87. The molecule has 2 unspecified atom stereocenters. The van der Waals surface area contributed by atoms with E-state index in [0.29, 0.717) is 11.8 Å². The molecule has 2 atom stereocenters. The Labute approximate surface area is 139 Å². The third-order valence-corrected chi connectivity index (χ3v) is 4.59. The van der Waals surface area contributed by atoms with Crippen molar-refractivity contribution in [3.05, 3.63) is 36.4 Å². The summed E-state index contributed by atoms with van der Waals surface area (Å²) in [5.74, 6) is 1.15. The second kappa shape index (κ2) is 10.2. The van der Waals surface area contributed by atoms with Gasteiger partial charge in [0.05, 0.1) is 12.7 Å². The van der Waals surface area contributed by atoms with Crippen molar-refractivity contribution in [3.8, 4) is 0 Å². The van der Waals surface area contributed by atoms with Gasteiger partial charge in [-0.3, -0.25) is 0 Å². The number of aromatic nitrogens is 4. The van der Waals surface area contributed by atoms with Crippen molar-refractivity contribution < 1.29 is 4.74 Å². The quantitative estimate of drug-likeness (QED) is 0.570. The minimum absolute atomic E-state index is 0.575. The highest BCUT2D eigenvalue weighted by molar-refractivity contribution is 5.03. The Morgan fingerprint density at radius 2 is 1.35 bits per heavy atom. The Hall–Kier alpha value is -1.62. The van der Waals surface area contributed by atoms with Gasteiger partial charge < -0.3 is 14.7 Å². The monoisotopic (exact) mass is 318 g/mol. The zero-order chi connectivity index (χ0) is 16.3. The van der Waals surface area contributed by atoms with Crippen LogP contribution in [0, 0.1) is 0 Å². The van der Waals surface area contributed by atoms with Crippen LogP contribution >= 0.6 is 0 Å². The highest BCUT2D eigenvalue weighted by Crippen LogP contribution is 2.23. The summed E-state index contributed by atoms with van der Waals surface area (Å²) in [6.45, 7) is 6.16. The van der Waals surface area contributed by atoms with Gasteiger partial charge in [0.25, 0.3) is 0 Å². The number of nitrogens with zero attached hydrogens (tertiary/aromatic N) is 2. The summed E-state index contributed by atoms with van der Waals surface area (Å²) in [7, 11) is 0. The largest absolute Gasteiger partial charge is 0.381 e. The second-order valence-electron chi connectivity index (χ2n) is 6.12.